The average Bonchev–Trinajstić information content (AvgIpc) is 2.52. The van der Waals surface area contributed by atoms with Gasteiger partial charge in [0.15, 0.2) is 0 Å². The van der Waals surface area contributed by atoms with Gasteiger partial charge < -0.3 is 10.8 Å². The molecule has 0 unspecified atom stereocenters. The molecule has 10 heteroatoms. The summed E-state index contributed by atoms with van der Waals surface area (Å²) in [6.45, 7) is 0. The van der Waals surface area contributed by atoms with Gasteiger partial charge >= 0.3 is 1.43 Å². The Hall–Kier alpha value is -2.66. The molecule has 0 aliphatic heterocycles. The van der Waals surface area contributed by atoms with E-state index in [4.69, 9.17) is 5.73 Å². The zero-order chi connectivity index (χ0) is 19.3. The summed E-state index contributed by atoms with van der Waals surface area (Å²) in [5, 5.41) is 10.6. The highest BCUT2D eigenvalue weighted by atomic mass is 32.2. The van der Waals surface area contributed by atoms with Crippen LogP contribution in [0.5, 0.6) is 5.75 Å². The Bertz CT molecular complexity index is 1260. The molecule has 0 radical (unpaired) electrons. The number of phenolic OH excluding ortho intramolecular Hbond substituents is 1. The standard InChI is InChI=1S/C16H13NO7S2/c17-10-5-9-6-11(25(19,20)21)8-14(18)16(9)13(7-10)12-3-1-2-4-15(12)26(22,23)24/h1-8,18H,17H2,(H,19,20,21)(H,22,23,24)/p+1. The quantitative estimate of drug-likeness (QED) is 0.388. The minimum atomic E-state index is -4.58. The summed E-state index contributed by atoms with van der Waals surface area (Å²) in [5.41, 5.74) is 6.23. The van der Waals surface area contributed by atoms with Crippen molar-refractivity contribution < 1.29 is 32.5 Å². The lowest BCUT2D eigenvalue weighted by molar-refractivity contribution is 0.471. The number of hydrogen-bond donors (Lipinski definition) is 4. The van der Waals surface area contributed by atoms with E-state index in [2.05, 4.69) is 0 Å². The minimum Gasteiger partial charge on any atom is -0.507 e. The molecule has 3 rings (SSSR count). The Morgan fingerprint density at radius 1 is 0.846 bits per heavy atom. The van der Waals surface area contributed by atoms with Gasteiger partial charge in [-0.2, -0.15) is 16.8 Å². The molecule has 0 heterocycles. The van der Waals surface area contributed by atoms with Crippen molar-refractivity contribution in [3.05, 3.63) is 48.5 Å². The average molecular weight is 396 g/mol. The Balaban J connectivity index is 0.00000261. The molecule has 0 atom stereocenters. The molecular weight excluding hydrogens is 382 g/mol. The Kier molecular flexibility index (Phi) is 4.15. The molecule has 8 nitrogen and oxygen atoms in total. The minimum absolute atomic E-state index is 0. The van der Waals surface area contributed by atoms with Crippen LogP contribution in [0.2, 0.25) is 0 Å². The molecule has 0 spiro atoms. The van der Waals surface area contributed by atoms with E-state index in [9.17, 15) is 31.0 Å². The van der Waals surface area contributed by atoms with Crippen molar-refractivity contribution in [2.24, 2.45) is 0 Å². The van der Waals surface area contributed by atoms with Crippen LogP contribution in [0.4, 0.5) is 5.69 Å². The van der Waals surface area contributed by atoms with Gasteiger partial charge in [-0.1, -0.05) is 18.2 Å². The van der Waals surface area contributed by atoms with Gasteiger partial charge in [0.25, 0.3) is 20.2 Å². The predicted octanol–water partition coefficient (Wildman–Crippen LogP) is 2.40. The molecule has 3 aromatic rings. The van der Waals surface area contributed by atoms with Crippen LogP contribution in [0.25, 0.3) is 21.9 Å². The summed E-state index contributed by atoms with van der Waals surface area (Å²) in [4.78, 5) is -0.938. The highest BCUT2D eigenvalue weighted by Crippen LogP contribution is 2.40. The normalized spacial score (nSPS) is 12.4. The van der Waals surface area contributed by atoms with Crippen molar-refractivity contribution in [1.29, 1.82) is 0 Å². The number of benzene rings is 3. The van der Waals surface area contributed by atoms with Crippen molar-refractivity contribution in [1.82, 2.24) is 0 Å². The molecule has 0 saturated heterocycles. The summed E-state index contributed by atoms with van der Waals surface area (Å²) in [5.74, 6) is -0.504. The lowest BCUT2D eigenvalue weighted by atomic mass is 9.96. The molecule has 0 aromatic heterocycles. The first-order valence-electron chi connectivity index (χ1n) is 7.09. The summed E-state index contributed by atoms with van der Waals surface area (Å²) >= 11 is 0. The number of aromatic hydroxyl groups is 1. The van der Waals surface area contributed by atoms with Crippen LogP contribution in [-0.4, -0.2) is 31.0 Å². The first-order chi connectivity index (χ1) is 12.0. The number of nitrogens with two attached hydrogens (primary N) is 1. The van der Waals surface area contributed by atoms with Gasteiger partial charge in [-0.15, -0.1) is 0 Å². The summed E-state index contributed by atoms with van der Waals surface area (Å²) < 4.78 is 64.7. The fourth-order valence-electron chi connectivity index (χ4n) is 2.76. The lowest BCUT2D eigenvalue weighted by Crippen LogP contribution is -2.02. The molecule has 5 N–H and O–H groups in total. The SMILES string of the molecule is Nc1cc(-c2ccccc2S(=O)(=O)O)c2c(O)cc(S(=O)(=O)O)cc2c1.[H+]. The van der Waals surface area contributed by atoms with Crippen molar-refractivity contribution in [2.75, 3.05) is 5.73 Å². The number of fused-ring (bicyclic) bond motifs is 1. The van der Waals surface area contributed by atoms with Crippen LogP contribution in [0.3, 0.4) is 0 Å². The smallest absolute Gasteiger partial charge is 0.507 e. The van der Waals surface area contributed by atoms with Crippen LogP contribution in [-0.2, 0) is 20.2 Å². The first kappa shape index (κ1) is 18.1. The van der Waals surface area contributed by atoms with Crippen LogP contribution in [0.1, 0.15) is 1.43 Å². The van der Waals surface area contributed by atoms with E-state index in [0.29, 0.717) is 0 Å². The number of anilines is 1. The van der Waals surface area contributed by atoms with E-state index in [1.54, 1.807) is 0 Å². The van der Waals surface area contributed by atoms with Gasteiger partial charge in [-0.25, -0.2) is 0 Å². The third-order valence-corrected chi connectivity index (χ3v) is 5.52. The first-order valence-corrected chi connectivity index (χ1v) is 9.97. The maximum Gasteiger partial charge on any atom is 1.00 e. The Morgan fingerprint density at radius 3 is 2.12 bits per heavy atom. The maximum atomic E-state index is 11.7. The molecule has 0 aliphatic rings. The second-order valence-corrected chi connectivity index (χ2v) is 8.37. The van der Waals surface area contributed by atoms with E-state index in [-0.39, 0.29) is 29.0 Å². The topological polar surface area (TPSA) is 155 Å². The third kappa shape index (κ3) is 3.22. The third-order valence-electron chi connectivity index (χ3n) is 3.78. The van der Waals surface area contributed by atoms with E-state index < -0.39 is 35.8 Å². The number of hydrogen-bond acceptors (Lipinski definition) is 6. The molecule has 0 amide bonds. The van der Waals surface area contributed by atoms with Crippen LogP contribution in [0.15, 0.2) is 58.3 Å². The van der Waals surface area contributed by atoms with Gasteiger partial charge in [0.05, 0.1) is 4.90 Å². The van der Waals surface area contributed by atoms with Crippen LogP contribution >= 0.6 is 0 Å². The van der Waals surface area contributed by atoms with Gasteiger partial charge in [-0.05, 0) is 35.2 Å². The summed E-state index contributed by atoms with van der Waals surface area (Å²) in [6.07, 6.45) is 0. The molecule has 0 saturated carbocycles. The van der Waals surface area contributed by atoms with E-state index in [0.717, 1.165) is 12.1 Å². The molecule has 0 fully saturated rings. The lowest BCUT2D eigenvalue weighted by Gasteiger charge is -2.14. The second-order valence-electron chi connectivity index (χ2n) is 5.56. The fraction of sp³-hybridized carbons (Fsp3) is 0. The number of phenols is 1. The highest BCUT2D eigenvalue weighted by molar-refractivity contribution is 7.86. The largest absolute Gasteiger partial charge is 1.00 e. The second kappa shape index (κ2) is 5.95. The Morgan fingerprint density at radius 2 is 1.50 bits per heavy atom. The fourth-order valence-corrected chi connectivity index (χ4v) is 4.01. The van der Waals surface area contributed by atoms with Crippen molar-refractivity contribution in [2.45, 2.75) is 9.79 Å². The summed E-state index contributed by atoms with van der Waals surface area (Å²) in [6, 6.07) is 10.2. The maximum absolute atomic E-state index is 11.7. The monoisotopic (exact) mass is 396 g/mol. The van der Waals surface area contributed by atoms with Crippen molar-refractivity contribution >= 4 is 36.7 Å². The molecule has 136 valence electrons. The summed E-state index contributed by atoms with van der Waals surface area (Å²) in [7, 11) is -9.14. The van der Waals surface area contributed by atoms with Gasteiger partial charge in [0.1, 0.15) is 10.6 Å². The zero-order valence-electron chi connectivity index (χ0n) is 14.0. The molecule has 26 heavy (non-hydrogen) atoms. The molecule has 0 aliphatic carbocycles. The number of nitrogen functional groups attached to an aromatic ring is 1. The van der Waals surface area contributed by atoms with Crippen LogP contribution < -0.4 is 5.73 Å². The van der Waals surface area contributed by atoms with Crippen molar-refractivity contribution in [3.63, 3.8) is 0 Å². The van der Waals surface area contributed by atoms with Gasteiger partial charge in [0, 0.05) is 22.7 Å². The Labute approximate surface area is 150 Å². The molecule has 3 aromatic carbocycles. The van der Waals surface area contributed by atoms with Crippen LogP contribution in [0, 0.1) is 0 Å². The van der Waals surface area contributed by atoms with Gasteiger partial charge in [-0.3, -0.25) is 9.11 Å². The number of rotatable bonds is 3. The molecule has 0 bridgehead atoms. The van der Waals surface area contributed by atoms with E-state index >= 15 is 0 Å². The highest BCUT2D eigenvalue weighted by Gasteiger charge is 2.21. The van der Waals surface area contributed by atoms with E-state index in [1.807, 2.05) is 0 Å². The predicted molar refractivity (Wildman–Crippen MR) is 96.2 cm³/mol. The molecular formula is C16H14NO7S2+. The zero-order valence-corrected chi connectivity index (χ0v) is 14.6. The van der Waals surface area contributed by atoms with Gasteiger partial charge in [0.2, 0.25) is 0 Å². The van der Waals surface area contributed by atoms with E-state index in [1.165, 1.54) is 36.4 Å². The van der Waals surface area contributed by atoms with Crippen molar-refractivity contribution in [3.8, 4) is 16.9 Å².